The van der Waals surface area contributed by atoms with E-state index in [1.165, 1.54) is 5.56 Å². The zero-order valence-electron chi connectivity index (χ0n) is 16.3. The summed E-state index contributed by atoms with van der Waals surface area (Å²) < 4.78 is 29.2. The third-order valence-corrected chi connectivity index (χ3v) is 7.99. The van der Waals surface area contributed by atoms with Gasteiger partial charge in [0, 0.05) is 64.2 Å². The summed E-state index contributed by atoms with van der Waals surface area (Å²) in [5.41, 5.74) is 2.28. The minimum absolute atomic E-state index is 0.0709. The second-order valence-electron chi connectivity index (χ2n) is 7.90. The third-order valence-electron chi connectivity index (χ3n) is 5.99. The van der Waals surface area contributed by atoms with Crippen LogP contribution in [0.4, 0.5) is 5.82 Å². The third kappa shape index (κ3) is 3.70. The van der Waals surface area contributed by atoms with E-state index < -0.39 is 10.2 Å². The van der Waals surface area contributed by atoms with Crippen LogP contribution in [-0.4, -0.2) is 78.7 Å². The molecule has 1 aromatic rings. The number of nitrogens with zero attached hydrogens (tertiary/aromatic N) is 5. The predicted octanol–water partition coefficient (Wildman–Crippen LogP) is 1.03. The molecule has 8 nitrogen and oxygen atoms in total. The molecule has 0 aliphatic carbocycles. The van der Waals surface area contributed by atoms with Crippen molar-refractivity contribution in [1.29, 1.82) is 0 Å². The van der Waals surface area contributed by atoms with Crippen LogP contribution in [0.5, 0.6) is 0 Å². The maximum absolute atomic E-state index is 12.9. The zero-order chi connectivity index (χ0) is 19.0. The van der Waals surface area contributed by atoms with Gasteiger partial charge in [0.1, 0.15) is 11.6 Å². The molecule has 3 aliphatic rings. The molecule has 4 heterocycles. The fourth-order valence-electron chi connectivity index (χ4n) is 4.36. The Balaban J connectivity index is 1.53. The van der Waals surface area contributed by atoms with Crippen LogP contribution < -0.4 is 5.32 Å². The van der Waals surface area contributed by atoms with Gasteiger partial charge in [-0.25, -0.2) is 9.97 Å². The van der Waals surface area contributed by atoms with Crippen LogP contribution in [0, 0.1) is 0 Å². The predicted molar refractivity (Wildman–Crippen MR) is 105 cm³/mol. The second-order valence-corrected chi connectivity index (χ2v) is 9.83. The molecule has 1 unspecified atom stereocenters. The first-order valence-corrected chi connectivity index (χ1v) is 11.4. The summed E-state index contributed by atoms with van der Waals surface area (Å²) in [5, 5.41) is 3.21. The fourth-order valence-corrected chi connectivity index (χ4v) is 6.12. The van der Waals surface area contributed by atoms with E-state index in [-0.39, 0.29) is 5.92 Å². The quantitative estimate of drug-likeness (QED) is 0.821. The largest absolute Gasteiger partial charge is 0.373 e. The summed E-state index contributed by atoms with van der Waals surface area (Å²) >= 11 is 0. The Labute approximate surface area is 162 Å². The summed E-state index contributed by atoms with van der Waals surface area (Å²) in [6, 6.07) is 0. The van der Waals surface area contributed by atoms with E-state index in [1.807, 2.05) is 7.05 Å². The lowest BCUT2D eigenvalue weighted by Gasteiger charge is -2.30. The lowest BCUT2D eigenvalue weighted by molar-refractivity contribution is 0.308. The maximum atomic E-state index is 12.9. The van der Waals surface area contributed by atoms with Crippen molar-refractivity contribution in [3.05, 3.63) is 17.1 Å². The fraction of sp³-hybridized carbons (Fsp3) is 0.778. The Morgan fingerprint density at radius 3 is 2.56 bits per heavy atom. The summed E-state index contributed by atoms with van der Waals surface area (Å²) in [4.78, 5) is 11.9. The standard InChI is InChI=1S/C18H30N6O2S/c1-19-18-15-13-22(2)10-7-16(15)20-17(21-18)14-6-11-24(12-14)27(25,26)23-8-4-3-5-9-23/h14H,3-13H2,1-2H3,(H,19,20,21). The highest BCUT2D eigenvalue weighted by molar-refractivity contribution is 7.86. The summed E-state index contributed by atoms with van der Waals surface area (Å²) in [7, 11) is 0.645. The SMILES string of the molecule is CNc1nc(C2CCN(S(=O)(=O)N3CCCCC3)C2)nc2c1CN(C)CC2. The van der Waals surface area contributed by atoms with Crippen LogP contribution in [-0.2, 0) is 23.2 Å². The molecule has 2 saturated heterocycles. The van der Waals surface area contributed by atoms with E-state index in [1.54, 1.807) is 8.61 Å². The molecular weight excluding hydrogens is 364 g/mol. The lowest BCUT2D eigenvalue weighted by Crippen LogP contribution is -2.45. The smallest absolute Gasteiger partial charge is 0.281 e. The average molecular weight is 395 g/mol. The van der Waals surface area contributed by atoms with Crippen LogP contribution in [0.3, 0.4) is 0 Å². The Morgan fingerprint density at radius 2 is 1.81 bits per heavy atom. The number of aromatic nitrogens is 2. The number of piperidine rings is 1. The van der Waals surface area contributed by atoms with E-state index in [2.05, 4.69) is 17.3 Å². The molecule has 1 atom stereocenters. The molecule has 27 heavy (non-hydrogen) atoms. The van der Waals surface area contributed by atoms with Crippen LogP contribution in [0.25, 0.3) is 0 Å². The van der Waals surface area contributed by atoms with Gasteiger partial charge in [-0.05, 0) is 26.3 Å². The molecule has 150 valence electrons. The van der Waals surface area contributed by atoms with Crippen molar-refractivity contribution in [1.82, 2.24) is 23.5 Å². The number of anilines is 1. The van der Waals surface area contributed by atoms with E-state index >= 15 is 0 Å². The van der Waals surface area contributed by atoms with Crippen LogP contribution in [0.1, 0.15) is 48.7 Å². The van der Waals surface area contributed by atoms with Crippen molar-refractivity contribution in [2.75, 3.05) is 52.1 Å². The minimum Gasteiger partial charge on any atom is -0.373 e. The van der Waals surface area contributed by atoms with Crippen LogP contribution in [0.15, 0.2) is 0 Å². The highest BCUT2D eigenvalue weighted by Crippen LogP contribution is 2.31. The van der Waals surface area contributed by atoms with Gasteiger partial charge in [-0.2, -0.15) is 17.0 Å². The summed E-state index contributed by atoms with van der Waals surface area (Å²) in [6.07, 6.45) is 4.75. The second kappa shape index (κ2) is 7.62. The average Bonchev–Trinajstić information content (AvgIpc) is 3.19. The number of rotatable bonds is 4. The minimum atomic E-state index is -3.35. The Bertz CT molecular complexity index is 776. The Morgan fingerprint density at radius 1 is 1.04 bits per heavy atom. The van der Waals surface area contributed by atoms with Gasteiger partial charge in [0.15, 0.2) is 0 Å². The van der Waals surface area contributed by atoms with Gasteiger partial charge in [0.2, 0.25) is 0 Å². The highest BCUT2D eigenvalue weighted by Gasteiger charge is 2.38. The first kappa shape index (κ1) is 19.0. The number of likely N-dealkylation sites (N-methyl/N-ethyl adjacent to an activating group) is 1. The molecule has 0 amide bonds. The molecule has 0 saturated carbocycles. The van der Waals surface area contributed by atoms with Crippen molar-refractivity contribution in [2.24, 2.45) is 0 Å². The summed E-state index contributed by atoms with van der Waals surface area (Å²) in [6.45, 7) is 4.19. The van der Waals surface area contributed by atoms with Crippen molar-refractivity contribution in [2.45, 2.75) is 44.6 Å². The molecule has 4 rings (SSSR count). The number of hydrogen-bond acceptors (Lipinski definition) is 6. The molecule has 3 aliphatic heterocycles. The number of hydrogen-bond donors (Lipinski definition) is 1. The first-order chi connectivity index (χ1) is 13.0. The molecule has 9 heteroatoms. The maximum Gasteiger partial charge on any atom is 0.281 e. The van der Waals surface area contributed by atoms with Crippen molar-refractivity contribution >= 4 is 16.0 Å². The van der Waals surface area contributed by atoms with Gasteiger partial charge < -0.3 is 10.2 Å². The number of nitrogens with one attached hydrogen (secondary N) is 1. The van der Waals surface area contributed by atoms with Gasteiger partial charge in [-0.15, -0.1) is 0 Å². The molecule has 1 aromatic heterocycles. The van der Waals surface area contributed by atoms with Gasteiger partial charge >= 0.3 is 0 Å². The van der Waals surface area contributed by atoms with Gasteiger partial charge in [0.25, 0.3) is 10.2 Å². The van der Waals surface area contributed by atoms with Gasteiger partial charge in [-0.1, -0.05) is 6.42 Å². The molecule has 0 bridgehead atoms. The molecule has 1 N–H and O–H groups in total. The Hall–Kier alpha value is -1.29. The molecule has 2 fully saturated rings. The Kier molecular flexibility index (Phi) is 5.37. The molecule has 0 aromatic carbocycles. The van der Waals surface area contributed by atoms with E-state index in [0.717, 1.165) is 62.5 Å². The molecule has 0 radical (unpaired) electrons. The van der Waals surface area contributed by atoms with E-state index in [9.17, 15) is 8.42 Å². The number of fused-ring (bicyclic) bond motifs is 1. The van der Waals surface area contributed by atoms with Crippen LogP contribution in [0.2, 0.25) is 0 Å². The first-order valence-electron chi connectivity index (χ1n) is 10.00. The van der Waals surface area contributed by atoms with E-state index in [4.69, 9.17) is 9.97 Å². The monoisotopic (exact) mass is 394 g/mol. The van der Waals surface area contributed by atoms with Crippen LogP contribution >= 0.6 is 0 Å². The normalized spacial score (nSPS) is 25.5. The topological polar surface area (TPSA) is 81.7 Å². The van der Waals surface area contributed by atoms with Crippen molar-refractivity contribution in [3.8, 4) is 0 Å². The van der Waals surface area contributed by atoms with Crippen molar-refractivity contribution < 1.29 is 8.42 Å². The molecular formula is C18H30N6O2S. The highest BCUT2D eigenvalue weighted by atomic mass is 32.2. The zero-order valence-corrected chi connectivity index (χ0v) is 17.1. The summed E-state index contributed by atoms with van der Waals surface area (Å²) in [5.74, 6) is 1.75. The van der Waals surface area contributed by atoms with E-state index in [0.29, 0.717) is 26.2 Å². The van der Waals surface area contributed by atoms with Gasteiger partial charge in [-0.3, -0.25) is 0 Å². The lowest BCUT2D eigenvalue weighted by atomic mass is 10.0. The van der Waals surface area contributed by atoms with Gasteiger partial charge in [0.05, 0.1) is 5.69 Å². The van der Waals surface area contributed by atoms with Crippen molar-refractivity contribution in [3.63, 3.8) is 0 Å². The molecule has 0 spiro atoms.